The van der Waals surface area contributed by atoms with E-state index < -0.39 is 17.9 Å². The van der Waals surface area contributed by atoms with E-state index in [1.807, 2.05) is 75.4 Å². The number of hydrogen-bond donors (Lipinski definition) is 1. The maximum Gasteiger partial charge on any atom is 0.328 e. The molecule has 0 saturated heterocycles. The number of carbonyl (C=O) groups excluding carboxylic acids is 2. The first-order valence-corrected chi connectivity index (χ1v) is 11.7. The molecule has 1 N–H and O–H groups in total. The molecule has 1 atom stereocenters. The number of carbonyl (C=O) groups is 2. The van der Waals surface area contributed by atoms with Crippen molar-refractivity contribution in [3.8, 4) is 17.2 Å². The summed E-state index contributed by atoms with van der Waals surface area (Å²) in [6.07, 6.45) is 0.266. The van der Waals surface area contributed by atoms with Crippen LogP contribution >= 0.6 is 0 Å². The zero-order chi connectivity index (χ0) is 26.1. The van der Waals surface area contributed by atoms with Crippen molar-refractivity contribution in [2.75, 3.05) is 14.2 Å². The molecule has 0 spiro atoms. The number of amides is 1. The van der Waals surface area contributed by atoms with Gasteiger partial charge in [-0.1, -0.05) is 42.5 Å². The predicted molar refractivity (Wildman–Crippen MR) is 138 cm³/mol. The SMILES string of the molecule is COC(=O)C(Cc1ccc(OC(C)(C)C)cc1)NC(=O)c1ccc(OC)c(OCc2ccccc2)c1. The molecule has 0 heterocycles. The monoisotopic (exact) mass is 491 g/mol. The van der Waals surface area contributed by atoms with Crippen LogP contribution in [0.2, 0.25) is 0 Å². The Bertz CT molecular complexity index is 1150. The van der Waals surface area contributed by atoms with Gasteiger partial charge in [0.05, 0.1) is 14.2 Å². The molecule has 3 aromatic rings. The summed E-state index contributed by atoms with van der Waals surface area (Å²) in [5, 5.41) is 2.78. The van der Waals surface area contributed by atoms with Crippen LogP contribution in [0.1, 0.15) is 42.3 Å². The minimum Gasteiger partial charge on any atom is -0.493 e. The molecule has 0 saturated carbocycles. The Balaban J connectivity index is 1.72. The van der Waals surface area contributed by atoms with Crippen molar-refractivity contribution < 1.29 is 28.5 Å². The summed E-state index contributed by atoms with van der Waals surface area (Å²) in [5.74, 6) is 0.700. The summed E-state index contributed by atoms with van der Waals surface area (Å²) in [4.78, 5) is 25.5. The van der Waals surface area contributed by atoms with Crippen molar-refractivity contribution in [2.24, 2.45) is 0 Å². The molecule has 0 bridgehead atoms. The molecular formula is C29H33NO6. The highest BCUT2D eigenvalue weighted by Crippen LogP contribution is 2.29. The van der Waals surface area contributed by atoms with Crippen LogP contribution in [0.15, 0.2) is 72.8 Å². The van der Waals surface area contributed by atoms with Gasteiger partial charge in [0.15, 0.2) is 11.5 Å². The fourth-order valence-electron chi connectivity index (χ4n) is 3.53. The molecule has 0 aromatic heterocycles. The van der Waals surface area contributed by atoms with Gasteiger partial charge in [-0.25, -0.2) is 4.79 Å². The van der Waals surface area contributed by atoms with Crippen molar-refractivity contribution >= 4 is 11.9 Å². The van der Waals surface area contributed by atoms with Crippen LogP contribution in [0.25, 0.3) is 0 Å². The summed E-state index contributed by atoms with van der Waals surface area (Å²) in [6.45, 7) is 6.24. The van der Waals surface area contributed by atoms with E-state index in [1.165, 1.54) is 14.2 Å². The van der Waals surface area contributed by atoms with E-state index in [-0.39, 0.29) is 12.0 Å². The standard InChI is InChI=1S/C29H33NO6/c1-29(2,3)36-23-14-11-20(12-15-23)17-24(28(32)34-5)30-27(31)22-13-16-25(33-4)26(18-22)35-19-21-9-7-6-8-10-21/h6-16,18,24H,17,19H2,1-5H3,(H,30,31). The molecule has 7 heteroatoms. The highest BCUT2D eigenvalue weighted by Gasteiger charge is 2.23. The molecule has 0 aliphatic carbocycles. The molecule has 7 nitrogen and oxygen atoms in total. The lowest BCUT2D eigenvalue weighted by molar-refractivity contribution is -0.142. The highest BCUT2D eigenvalue weighted by molar-refractivity contribution is 5.97. The van der Waals surface area contributed by atoms with E-state index in [1.54, 1.807) is 18.2 Å². The average Bonchev–Trinajstić information content (AvgIpc) is 2.87. The maximum atomic E-state index is 13.1. The highest BCUT2D eigenvalue weighted by atomic mass is 16.5. The van der Waals surface area contributed by atoms with Crippen LogP contribution in [0.5, 0.6) is 17.2 Å². The van der Waals surface area contributed by atoms with Crippen LogP contribution in [0, 0.1) is 0 Å². The zero-order valence-corrected chi connectivity index (χ0v) is 21.4. The van der Waals surface area contributed by atoms with Gasteiger partial charge in [0.1, 0.15) is 24.0 Å². The predicted octanol–water partition coefficient (Wildman–Crippen LogP) is 4.97. The number of rotatable bonds is 10. The van der Waals surface area contributed by atoms with Gasteiger partial charge in [-0.15, -0.1) is 0 Å². The lowest BCUT2D eigenvalue weighted by Crippen LogP contribution is -2.43. The molecule has 0 radical (unpaired) electrons. The van der Waals surface area contributed by atoms with Crippen molar-refractivity contribution in [2.45, 2.75) is 45.4 Å². The van der Waals surface area contributed by atoms with Crippen LogP contribution in [-0.4, -0.2) is 37.7 Å². The Morgan fingerprint density at radius 1 is 0.861 bits per heavy atom. The molecule has 0 aliphatic rings. The first kappa shape index (κ1) is 26.6. The van der Waals surface area contributed by atoms with Crippen LogP contribution in [0.3, 0.4) is 0 Å². The Kier molecular flexibility index (Phi) is 8.95. The lowest BCUT2D eigenvalue weighted by atomic mass is 10.0. The summed E-state index contributed by atoms with van der Waals surface area (Å²) in [7, 11) is 2.83. The van der Waals surface area contributed by atoms with E-state index in [0.29, 0.717) is 23.7 Å². The van der Waals surface area contributed by atoms with Crippen molar-refractivity contribution in [3.63, 3.8) is 0 Å². The van der Waals surface area contributed by atoms with Crippen LogP contribution in [0.4, 0.5) is 0 Å². The molecule has 0 aliphatic heterocycles. The van der Waals surface area contributed by atoms with Gasteiger partial charge in [-0.3, -0.25) is 4.79 Å². The van der Waals surface area contributed by atoms with E-state index in [9.17, 15) is 9.59 Å². The number of ether oxygens (including phenoxy) is 4. The minimum absolute atomic E-state index is 0.266. The number of esters is 1. The molecule has 190 valence electrons. The second-order valence-corrected chi connectivity index (χ2v) is 9.25. The van der Waals surface area contributed by atoms with Crippen molar-refractivity contribution in [3.05, 3.63) is 89.5 Å². The van der Waals surface area contributed by atoms with E-state index >= 15 is 0 Å². The maximum absolute atomic E-state index is 13.1. The molecule has 36 heavy (non-hydrogen) atoms. The third-order valence-corrected chi connectivity index (χ3v) is 5.24. The van der Waals surface area contributed by atoms with Gasteiger partial charge in [0.25, 0.3) is 5.91 Å². The fraction of sp³-hybridized carbons (Fsp3) is 0.310. The third-order valence-electron chi connectivity index (χ3n) is 5.24. The van der Waals surface area contributed by atoms with E-state index in [0.717, 1.165) is 16.9 Å². The minimum atomic E-state index is -0.868. The molecule has 3 rings (SSSR count). The van der Waals surface area contributed by atoms with Gasteiger partial charge < -0.3 is 24.3 Å². The Hall–Kier alpha value is -4.00. The molecular weight excluding hydrogens is 458 g/mol. The molecule has 1 amide bonds. The smallest absolute Gasteiger partial charge is 0.328 e. The largest absolute Gasteiger partial charge is 0.493 e. The number of methoxy groups -OCH3 is 2. The number of benzene rings is 3. The van der Waals surface area contributed by atoms with Gasteiger partial charge in [-0.2, -0.15) is 0 Å². The van der Waals surface area contributed by atoms with E-state index in [2.05, 4.69) is 5.32 Å². The van der Waals surface area contributed by atoms with Gasteiger partial charge >= 0.3 is 5.97 Å². The Morgan fingerprint density at radius 2 is 1.56 bits per heavy atom. The summed E-state index contributed by atoms with van der Waals surface area (Å²) >= 11 is 0. The van der Waals surface area contributed by atoms with Gasteiger partial charge in [-0.05, 0) is 62.2 Å². The van der Waals surface area contributed by atoms with Crippen molar-refractivity contribution in [1.29, 1.82) is 0 Å². The Labute approximate surface area is 212 Å². The van der Waals surface area contributed by atoms with Gasteiger partial charge in [0.2, 0.25) is 0 Å². The lowest BCUT2D eigenvalue weighted by Gasteiger charge is -2.21. The average molecular weight is 492 g/mol. The summed E-state index contributed by atoms with van der Waals surface area (Å²) in [5.41, 5.74) is 1.86. The molecule has 3 aromatic carbocycles. The van der Waals surface area contributed by atoms with Gasteiger partial charge in [0, 0.05) is 12.0 Å². The molecule has 0 fully saturated rings. The zero-order valence-electron chi connectivity index (χ0n) is 21.4. The number of hydrogen-bond acceptors (Lipinski definition) is 6. The summed E-state index contributed by atoms with van der Waals surface area (Å²) in [6, 6.07) is 21.1. The second kappa shape index (κ2) is 12.1. The van der Waals surface area contributed by atoms with Crippen LogP contribution in [-0.2, 0) is 22.6 Å². The quantitative estimate of drug-likeness (QED) is 0.404. The van der Waals surface area contributed by atoms with E-state index in [4.69, 9.17) is 18.9 Å². The summed E-state index contributed by atoms with van der Waals surface area (Å²) < 4.78 is 22.1. The third kappa shape index (κ3) is 7.77. The first-order chi connectivity index (χ1) is 17.2. The van der Waals surface area contributed by atoms with Crippen LogP contribution < -0.4 is 19.5 Å². The number of nitrogens with one attached hydrogen (secondary N) is 1. The Morgan fingerprint density at radius 3 is 2.17 bits per heavy atom. The van der Waals surface area contributed by atoms with Crippen molar-refractivity contribution in [1.82, 2.24) is 5.32 Å². The first-order valence-electron chi connectivity index (χ1n) is 11.7. The topological polar surface area (TPSA) is 83.1 Å². The fourth-order valence-corrected chi connectivity index (χ4v) is 3.53. The normalized spacial score (nSPS) is 11.8. The second-order valence-electron chi connectivity index (χ2n) is 9.25. The molecule has 1 unspecified atom stereocenters.